The number of carbonyl (C=O) groups excluding carboxylic acids is 1. The SMILES string of the molecule is CC(C)c1nccc(C(=O)N[C@H](Cc2ccncc2)C2CC(O)C2)n1. The Bertz CT molecular complexity index is 714. The van der Waals surface area contributed by atoms with Crippen molar-refractivity contribution in [2.75, 3.05) is 0 Å². The van der Waals surface area contributed by atoms with Crippen molar-refractivity contribution in [2.45, 2.75) is 51.2 Å². The highest BCUT2D eigenvalue weighted by atomic mass is 16.3. The number of hydrogen-bond donors (Lipinski definition) is 2. The molecule has 0 bridgehead atoms. The van der Waals surface area contributed by atoms with E-state index in [0.717, 1.165) is 18.4 Å². The van der Waals surface area contributed by atoms with E-state index >= 15 is 0 Å². The Balaban J connectivity index is 1.73. The number of pyridine rings is 1. The number of nitrogens with one attached hydrogen (secondary N) is 1. The van der Waals surface area contributed by atoms with Crippen LogP contribution in [0, 0.1) is 5.92 Å². The average molecular weight is 340 g/mol. The molecule has 1 atom stereocenters. The van der Waals surface area contributed by atoms with Gasteiger partial charge in [-0.05, 0) is 48.9 Å². The van der Waals surface area contributed by atoms with Gasteiger partial charge in [-0.25, -0.2) is 9.97 Å². The Morgan fingerprint density at radius 2 is 1.96 bits per heavy atom. The van der Waals surface area contributed by atoms with E-state index in [2.05, 4.69) is 20.3 Å². The zero-order chi connectivity index (χ0) is 17.8. The van der Waals surface area contributed by atoms with Gasteiger partial charge in [-0.15, -0.1) is 0 Å². The lowest BCUT2D eigenvalue weighted by atomic mass is 9.75. The Morgan fingerprint density at radius 3 is 2.60 bits per heavy atom. The lowest BCUT2D eigenvalue weighted by Gasteiger charge is -2.38. The normalized spacial score (nSPS) is 20.8. The fraction of sp³-hybridized carbons (Fsp3) is 0.474. The maximum Gasteiger partial charge on any atom is 0.270 e. The van der Waals surface area contributed by atoms with Gasteiger partial charge in [0.2, 0.25) is 0 Å². The highest BCUT2D eigenvalue weighted by Gasteiger charge is 2.35. The van der Waals surface area contributed by atoms with Crippen molar-refractivity contribution in [3.05, 3.63) is 53.9 Å². The molecule has 1 aliphatic carbocycles. The van der Waals surface area contributed by atoms with Gasteiger partial charge < -0.3 is 10.4 Å². The van der Waals surface area contributed by atoms with E-state index in [1.165, 1.54) is 0 Å². The van der Waals surface area contributed by atoms with Crippen LogP contribution in [0.5, 0.6) is 0 Å². The Labute approximate surface area is 147 Å². The van der Waals surface area contributed by atoms with Crippen LogP contribution in [-0.4, -0.2) is 38.1 Å². The molecule has 132 valence electrons. The number of rotatable bonds is 6. The maximum atomic E-state index is 12.7. The molecule has 1 amide bonds. The summed E-state index contributed by atoms with van der Waals surface area (Å²) in [5, 5.41) is 12.7. The fourth-order valence-electron chi connectivity index (χ4n) is 3.09. The zero-order valence-corrected chi connectivity index (χ0v) is 14.6. The number of amides is 1. The number of aromatic nitrogens is 3. The molecular formula is C19H24N4O2. The van der Waals surface area contributed by atoms with Crippen molar-refractivity contribution in [3.8, 4) is 0 Å². The standard InChI is InChI=1S/C19H24N4O2/c1-12(2)18-21-8-5-16(22-18)19(25)23-17(14-10-15(24)11-14)9-13-3-6-20-7-4-13/h3-8,12,14-15,17,24H,9-11H2,1-2H3,(H,23,25)/t14?,15?,17-/m1/s1. The molecule has 0 saturated heterocycles. The second kappa shape index (κ2) is 7.70. The first kappa shape index (κ1) is 17.5. The molecule has 2 heterocycles. The molecule has 25 heavy (non-hydrogen) atoms. The first-order chi connectivity index (χ1) is 12.0. The maximum absolute atomic E-state index is 12.7. The van der Waals surface area contributed by atoms with Gasteiger partial charge in [0.15, 0.2) is 0 Å². The van der Waals surface area contributed by atoms with Gasteiger partial charge in [0.1, 0.15) is 11.5 Å². The highest BCUT2D eigenvalue weighted by Crippen LogP contribution is 2.31. The van der Waals surface area contributed by atoms with Crippen LogP contribution in [0.3, 0.4) is 0 Å². The Hall–Kier alpha value is -2.34. The smallest absolute Gasteiger partial charge is 0.270 e. The van der Waals surface area contributed by atoms with Gasteiger partial charge in [0.05, 0.1) is 6.10 Å². The van der Waals surface area contributed by atoms with Crippen LogP contribution >= 0.6 is 0 Å². The number of aliphatic hydroxyl groups is 1. The first-order valence-corrected chi connectivity index (χ1v) is 8.73. The van der Waals surface area contributed by atoms with E-state index in [9.17, 15) is 9.90 Å². The minimum absolute atomic E-state index is 0.0317. The Morgan fingerprint density at radius 1 is 1.24 bits per heavy atom. The van der Waals surface area contributed by atoms with Crippen molar-refractivity contribution in [2.24, 2.45) is 5.92 Å². The summed E-state index contributed by atoms with van der Waals surface area (Å²) in [6.07, 6.45) is 7.03. The molecule has 3 rings (SSSR count). The summed E-state index contributed by atoms with van der Waals surface area (Å²) in [4.78, 5) is 25.3. The van der Waals surface area contributed by atoms with Crippen LogP contribution in [0.2, 0.25) is 0 Å². The molecule has 1 fully saturated rings. The molecule has 6 nitrogen and oxygen atoms in total. The van der Waals surface area contributed by atoms with Crippen LogP contribution in [0.4, 0.5) is 0 Å². The summed E-state index contributed by atoms with van der Waals surface area (Å²) in [6, 6.07) is 5.52. The van der Waals surface area contributed by atoms with E-state index in [-0.39, 0.29) is 29.9 Å². The lowest BCUT2D eigenvalue weighted by molar-refractivity contribution is 0.0238. The molecule has 1 aliphatic rings. The van der Waals surface area contributed by atoms with Crippen LogP contribution in [0.1, 0.15) is 54.5 Å². The summed E-state index contributed by atoms with van der Waals surface area (Å²) in [5.41, 5.74) is 1.51. The van der Waals surface area contributed by atoms with E-state index in [0.29, 0.717) is 17.9 Å². The molecular weight excluding hydrogens is 316 g/mol. The molecule has 0 spiro atoms. The predicted molar refractivity (Wildman–Crippen MR) is 94.0 cm³/mol. The molecule has 2 aromatic rings. The quantitative estimate of drug-likeness (QED) is 0.841. The minimum Gasteiger partial charge on any atom is -0.393 e. The third-order valence-corrected chi connectivity index (χ3v) is 4.66. The van der Waals surface area contributed by atoms with Crippen molar-refractivity contribution in [1.29, 1.82) is 0 Å². The monoisotopic (exact) mass is 340 g/mol. The van der Waals surface area contributed by atoms with Gasteiger partial charge in [-0.1, -0.05) is 13.8 Å². The average Bonchev–Trinajstić information content (AvgIpc) is 2.59. The molecule has 0 unspecified atom stereocenters. The summed E-state index contributed by atoms with van der Waals surface area (Å²) >= 11 is 0. The van der Waals surface area contributed by atoms with Gasteiger partial charge in [-0.2, -0.15) is 0 Å². The summed E-state index contributed by atoms with van der Waals surface area (Å²) in [7, 11) is 0. The van der Waals surface area contributed by atoms with E-state index in [1.807, 2.05) is 26.0 Å². The molecule has 2 aromatic heterocycles. The van der Waals surface area contributed by atoms with Crippen LogP contribution in [0.15, 0.2) is 36.8 Å². The summed E-state index contributed by atoms with van der Waals surface area (Å²) in [5.74, 6) is 0.919. The molecule has 0 aromatic carbocycles. The molecule has 2 N–H and O–H groups in total. The Kier molecular flexibility index (Phi) is 5.38. The predicted octanol–water partition coefficient (Wildman–Crippen LogP) is 2.11. The number of nitrogens with zero attached hydrogens (tertiary/aromatic N) is 3. The summed E-state index contributed by atoms with van der Waals surface area (Å²) < 4.78 is 0. The highest BCUT2D eigenvalue weighted by molar-refractivity contribution is 5.92. The van der Waals surface area contributed by atoms with Gasteiger partial charge >= 0.3 is 0 Å². The largest absolute Gasteiger partial charge is 0.393 e. The number of aliphatic hydroxyl groups excluding tert-OH is 1. The third kappa shape index (κ3) is 4.39. The number of carbonyl (C=O) groups is 1. The molecule has 0 aliphatic heterocycles. The zero-order valence-electron chi connectivity index (χ0n) is 14.6. The fourth-order valence-corrected chi connectivity index (χ4v) is 3.09. The molecule has 0 radical (unpaired) electrons. The second-order valence-corrected chi connectivity index (χ2v) is 6.98. The van der Waals surface area contributed by atoms with Crippen molar-refractivity contribution >= 4 is 5.91 Å². The van der Waals surface area contributed by atoms with Crippen LogP contribution in [0.25, 0.3) is 0 Å². The van der Waals surface area contributed by atoms with Crippen molar-refractivity contribution in [3.63, 3.8) is 0 Å². The number of hydrogen-bond acceptors (Lipinski definition) is 5. The van der Waals surface area contributed by atoms with E-state index in [1.54, 1.807) is 24.7 Å². The molecule has 6 heteroatoms. The summed E-state index contributed by atoms with van der Waals surface area (Å²) in [6.45, 7) is 4.00. The van der Waals surface area contributed by atoms with E-state index < -0.39 is 0 Å². The van der Waals surface area contributed by atoms with Crippen LogP contribution < -0.4 is 5.32 Å². The first-order valence-electron chi connectivity index (χ1n) is 8.73. The van der Waals surface area contributed by atoms with Crippen molar-refractivity contribution < 1.29 is 9.90 Å². The van der Waals surface area contributed by atoms with E-state index in [4.69, 9.17) is 0 Å². The minimum atomic E-state index is -0.256. The van der Waals surface area contributed by atoms with Gasteiger partial charge in [0, 0.05) is 30.6 Å². The van der Waals surface area contributed by atoms with Gasteiger partial charge in [0.25, 0.3) is 5.91 Å². The third-order valence-electron chi connectivity index (χ3n) is 4.66. The van der Waals surface area contributed by atoms with Crippen LogP contribution in [-0.2, 0) is 6.42 Å². The van der Waals surface area contributed by atoms with Gasteiger partial charge in [-0.3, -0.25) is 9.78 Å². The topological polar surface area (TPSA) is 88.0 Å². The molecule has 1 saturated carbocycles. The second-order valence-electron chi connectivity index (χ2n) is 6.98. The van der Waals surface area contributed by atoms with Crippen molar-refractivity contribution in [1.82, 2.24) is 20.3 Å². The lowest BCUT2D eigenvalue weighted by Crippen LogP contribution is -2.48.